The number of amides is 1. The van der Waals surface area contributed by atoms with E-state index in [1.807, 2.05) is 30.3 Å². The van der Waals surface area contributed by atoms with Gasteiger partial charge in [-0.25, -0.2) is 0 Å². The smallest absolute Gasteiger partial charge is 0.267 e. The Balaban J connectivity index is 1.97. The Kier molecular flexibility index (Phi) is 5.18. The van der Waals surface area contributed by atoms with Crippen LogP contribution in [-0.2, 0) is 0 Å². The topological polar surface area (TPSA) is 65.1 Å². The van der Waals surface area contributed by atoms with Gasteiger partial charge in [-0.1, -0.05) is 31.5 Å². The van der Waals surface area contributed by atoms with Gasteiger partial charge in [0.25, 0.3) is 5.91 Å². The zero-order valence-electron chi connectivity index (χ0n) is 11.9. The predicted molar refractivity (Wildman–Crippen MR) is 80.7 cm³/mol. The summed E-state index contributed by atoms with van der Waals surface area (Å²) in [4.78, 5) is 15.2. The largest absolute Gasteiger partial charge is 0.396 e. The maximum atomic E-state index is 12.1. The highest BCUT2D eigenvalue weighted by Crippen LogP contribution is 2.15. The molecule has 1 atom stereocenters. The predicted octanol–water partition coefficient (Wildman–Crippen LogP) is 2.70. The molecule has 0 saturated carbocycles. The first-order valence-electron chi connectivity index (χ1n) is 7.21. The molecule has 4 nitrogen and oxygen atoms in total. The number of para-hydroxylation sites is 1. The van der Waals surface area contributed by atoms with Gasteiger partial charge in [0, 0.05) is 24.1 Å². The van der Waals surface area contributed by atoms with Crippen LogP contribution in [0.2, 0.25) is 0 Å². The van der Waals surface area contributed by atoms with E-state index in [2.05, 4.69) is 17.2 Å². The minimum Gasteiger partial charge on any atom is -0.396 e. The van der Waals surface area contributed by atoms with E-state index < -0.39 is 0 Å². The number of H-pyrrole nitrogens is 1. The first-order valence-corrected chi connectivity index (χ1v) is 7.21. The van der Waals surface area contributed by atoms with Crippen molar-refractivity contribution in [1.29, 1.82) is 0 Å². The minimum absolute atomic E-state index is 0.0831. The van der Waals surface area contributed by atoms with E-state index in [9.17, 15) is 4.79 Å². The number of aromatic amines is 1. The Morgan fingerprint density at radius 2 is 2.15 bits per heavy atom. The summed E-state index contributed by atoms with van der Waals surface area (Å²) in [5.41, 5.74) is 1.56. The number of aromatic nitrogens is 1. The zero-order valence-corrected chi connectivity index (χ0v) is 11.9. The van der Waals surface area contributed by atoms with E-state index in [4.69, 9.17) is 5.11 Å². The lowest BCUT2D eigenvalue weighted by atomic mass is 10.0. The van der Waals surface area contributed by atoms with Gasteiger partial charge < -0.3 is 15.4 Å². The first kappa shape index (κ1) is 14.6. The fraction of sp³-hybridized carbons (Fsp3) is 0.438. The van der Waals surface area contributed by atoms with E-state index in [-0.39, 0.29) is 12.5 Å². The van der Waals surface area contributed by atoms with Gasteiger partial charge in [-0.3, -0.25) is 4.79 Å². The molecule has 0 radical (unpaired) electrons. The molecule has 2 rings (SSSR count). The molecule has 108 valence electrons. The lowest BCUT2D eigenvalue weighted by Crippen LogP contribution is -2.30. The molecule has 0 saturated heterocycles. The SMILES string of the molecule is CCCC(CCO)CNC(=O)c1cc2ccccc2[nH]1. The second-order valence-electron chi connectivity index (χ2n) is 5.15. The number of hydrogen-bond donors (Lipinski definition) is 3. The second-order valence-corrected chi connectivity index (χ2v) is 5.15. The maximum absolute atomic E-state index is 12.1. The maximum Gasteiger partial charge on any atom is 0.267 e. The zero-order chi connectivity index (χ0) is 14.4. The molecule has 0 aliphatic rings. The molecule has 1 heterocycles. The van der Waals surface area contributed by atoms with E-state index >= 15 is 0 Å². The molecule has 20 heavy (non-hydrogen) atoms. The fourth-order valence-electron chi connectivity index (χ4n) is 2.47. The van der Waals surface area contributed by atoms with Crippen molar-refractivity contribution in [3.63, 3.8) is 0 Å². The molecule has 3 N–H and O–H groups in total. The molecule has 0 aliphatic heterocycles. The number of fused-ring (bicyclic) bond motifs is 1. The van der Waals surface area contributed by atoms with E-state index in [1.54, 1.807) is 0 Å². The number of aliphatic hydroxyl groups excluding tert-OH is 1. The number of aliphatic hydroxyl groups is 1. The Bertz CT molecular complexity index is 523. The lowest BCUT2D eigenvalue weighted by Gasteiger charge is -2.15. The highest BCUT2D eigenvalue weighted by atomic mass is 16.3. The van der Waals surface area contributed by atoms with Crippen molar-refractivity contribution < 1.29 is 9.90 Å². The summed E-state index contributed by atoms with van der Waals surface area (Å²) in [7, 11) is 0. The van der Waals surface area contributed by atoms with Crippen molar-refractivity contribution in [3.8, 4) is 0 Å². The van der Waals surface area contributed by atoms with Gasteiger partial charge >= 0.3 is 0 Å². The van der Waals surface area contributed by atoms with Crippen molar-refractivity contribution in [2.24, 2.45) is 5.92 Å². The van der Waals surface area contributed by atoms with Crippen LogP contribution in [0.3, 0.4) is 0 Å². The number of carbonyl (C=O) groups excluding carboxylic acids is 1. The molecule has 2 aromatic rings. The van der Waals surface area contributed by atoms with Gasteiger partial charge in [0.1, 0.15) is 5.69 Å². The molecule has 1 aromatic carbocycles. The normalized spacial score (nSPS) is 12.5. The van der Waals surface area contributed by atoms with Gasteiger partial charge in [-0.15, -0.1) is 0 Å². The highest BCUT2D eigenvalue weighted by molar-refractivity contribution is 5.97. The van der Waals surface area contributed by atoms with Gasteiger partial charge in [0.15, 0.2) is 0 Å². The van der Waals surface area contributed by atoms with Crippen molar-refractivity contribution in [2.45, 2.75) is 26.2 Å². The van der Waals surface area contributed by atoms with Crippen LogP contribution in [0.1, 0.15) is 36.7 Å². The number of nitrogens with one attached hydrogen (secondary N) is 2. The van der Waals surface area contributed by atoms with E-state index in [0.29, 0.717) is 18.2 Å². The molecular formula is C16H22N2O2. The molecule has 4 heteroatoms. The monoisotopic (exact) mass is 274 g/mol. The Morgan fingerprint density at radius 3 is 2.85 bits per heavy atom. The molecule has 0 bridgehead atoms. The van der Waals surface area contributed by atoms with Crippen LogP contribution in [0.5, 0.6) is 0 Å². The van der Waals surface area contributed by atoms with Crippen LogP contribution in [0.25, 0.3) is 10.9 Å². The van der Waals surface area contributed by atoms with Crippen LogP contribution in [-0.4, -0.2) is 29.1 Å². The molecular weight excluding hydrogens is 252 g/mol. The van der Waals surface area contributed by atoms with Crippen LogP contribution in [0.15, 0.2) is 30.3 Å². The third kappa shape index (κ3) is 3.61. The van der Waals surface area contributed by atoms with E-state index in [0.717, 1.165) is 30.2 Å². The van der Waals surface area contributed by atoms with Crippen molar-refractivity contribution in [1.82, 2.24) is 10.3 Å². The summed E-state index contributed by atoms with van der Waals surface area (Å²) in [6.45, 7) is 2.90. The first-order chi connectivity index (χ1) is 9.74. The van der Waals surface area contributed by atoms with Crippen molar-refractivity contribution >= 4 is 16.8 Å². The molecule has 0 aliphatic carbocycles. The van der Waals surface area contributed by atoms with Crippen molar-refractivity contribution in [3.05, 3.63) is 36.0 Å². The standard InChI is InChI=1S/C16H22N2O2/c1-2-5-12(8-9-19)11-17-16(20)15-10-13-6-3-4-7-14(13)18-15/h3-4,6-7,10,12,18-19H,2,5,8-9,11H2,1H3,(H,17,20). The van der Waals surface area contributed by atoms with Crippen LogP contribution >= 0.6 is 0 Å². The van der Waals surface area contributed by atoms with Gasteiger partial charge in [0.05, 0.1) is 0 Å². The third-order valence-electron chi connectivity index (χ3n) is 3.56. The lowest BCUT2D eigenvalue weighted by molar-refractivity contribution is 0.0938. The van der Waals surface area contributed by atoms with Crippen LogP contribution < -0.4 is 5.32 Å². The van der Waals surface area contributed by atoms with Crippen molar-refractivity contribution in [2.75, 3.05) is 13.2 Å². The Labute approximate surface area is 119 Å². The average Bonchev–Trinajstić information content (AvgIpc) is 2.89. The second kappa shape index (κ2) is 7.10. The highest BCUT2D eigenvalue weighted by Gasteiger charge is 2.12. The molecule has 0 fully saturated rings. The molecule has 0 spiro atoms. The Morgan fingerprint density at radius 1 is 1.35 bits per heavy atom. The number of hydrogen-bond acceptors (Lipinski definition) is 2. The summed E-state index contributed by atoms with van der Waals surface area (Å²) in [6.07, 6.45) is 2.82. The van der Waals surface area contributed by atoms with Crippen LogP contribution in [0, 0.1) is 5.92 Å². The number of benzene rings is 1. The number of carbonyl (C=O) groups is 1. The molecule has 1 aromatic heterocycles. The van der Waals surface area contributed by atoms with Gasteiger partial charge in [-0.05, 0) is 30.9 Å². The molecule has 1 unspecified atom stereocenters. The fourth-order valence-corrected chi connectivity index (χ4v) is 2.47. The summed E-state index contributed by atoms with van der Waals surface area (Å²) in [6, 6.07) is 9.70. The Hall–Kier alpha value is -1.81. The summed E-state index contributed by atoms with van der Waals surface area (Å²) in [5.74, 6) is 0.263. The van der Waals surface area contributed by atoms with Gasteiger partial charge in [0.2, 0.25) is 0 Å². The summed E-state index contributed by atoms with van der Waals surface area (Å²) >= 11 is 0. The number of rotatable bonds is 7. The van der Waals surface area contributed by atoms with E-state index in [1.165, 1.54) is 0 Å². The third-order valence-corrected chi connectivity index (χ3v) is 3.56. The average molecular weight is 274 g/mol. The van der Waals surface area contributed by atoms with Crippen LogP contribution in [0.4, 0.5) is 0 Å². The minimum atomic E-state index is -0.0831. The summed E-state index contributed by atoms with van der Waals surface area (Å²) < 4.78 is 0. The molecule has 1 amide bonds. The summed E-state index contributed by atoms with van der Waals surface area (Å²) in [5, 5.41) is 13.0. The van der Waals surface area contributed by atoms with Gasteiger partial charge in [-0.2, -0.15) is 0 Å². The quantitative estimate of drug-likeness (QED) is 0.727.